The maximum atomic E-state index is 6.03. The van der Waals surface area contributed by atoms with Crippen molar-refractivity contribution in [2.75, 3.05) is 26.4 Å². The Morgan fingerprint density at radius 1 is 1.00 bits per heavy atom. The molecule has 80 valence electrons. The van der Waals surface area contributed by atoms with Gasteiger partial charge in [0.2, 0.25) is 0 Å². The minimum absolute atomic E-state index is 0.126. The fourth-order valence-electron chi connectivity index (χ4n) is 2.76. The van der Waals surface area contributed by atoms with E-state index in [0.717, 1.165) is 39.2 Å². The zero-order chi connectivity index (χ0) is 9.49. The minimum Gasteiger partial charge on any atom is -0.377 e. The topological polar surface area (TPSA) is 30.5 Å². The summed E-state index contributed by atoms with van der Waals surface area (Å²) < 4.78 is 11.5. The average Bonchev–Trinajstić information content (AvgIpc) is 2.18. The summed E-state index contributed by atoms with van der Waals surface area (Å²) in [6, 6.07) is 0. The van der Waals surface area contributed by atoms with Crippen molar-refractivity contribution in [2.45, 2.75) is 37.8 Å². The highest BCUT2D eigenvalue weighted by Gasteiger charge is 2.46. The van der Waals surface area contributed by atoms with Gasteiger partial charge in [-0.1, -0.05) is 6.42 Å². The van der Waals surface area contributed by atoms with Crippen molar-refractivity contribution in [3.63, 3.8) is 0 Å². The molecule has 0 aromatic heterocycles. The number of hydrogen-bond donors (Lipinski definition) is 1. The second-order valence-electron chi connectivity index (χ2n) is 5.15. The summed E-state index contributed by atoms with van der Waals surface area (Å²) in [5.74, 6) is 0. The van der Waals surface area contributed by atoms with E-state index in [4.69, 9.17) is 9.47 Å². The Hall–Kier alpha value is -0.120. The van der Waals surface area contributed by atoms with Crippen LogP contribution in [0, 0.1) is 5.41 Å². The Bertz CT molecular complexity index is 207. The zero-order valence-electron chi connectivity index (χ0n) is 8.68. The third-order valence-corrected chi connectivity index (χ3v) is 4.06. The molecule has 2 aliphatic heterocycles. The first-order valence-corrected chi connectivity index (χ1v) is 5.80. The quantitative estimate of drug-likeness (QED) is 0.634. The monoisotopic (exact) mass is 197 g/mol. The summed E-state index contributed by atoms with van der Waals surface area (Å²) in [7, 11) is 0. The number of nitrogens with one attached hydrogen (secondary N) is 1. The number of rotatable bonds is 0. The van der Waals surface area contributed by atoms with Crippen LogP contribution in [0.15, 0.2) is 0 Å². The molecule has 1 saturated carbocycles. The Morgan fingerprint density at radius 3 is 2.43 bits per heavy atom. The van der Waals surface area contributed by atoms with Crippen LogP contribution in [0.5, 0.6) is 0 Å². The van der Waals surface area contributed by atoms with Crippen LogP contribution in [0.2, 0.25) is 0 Å². The first-order valence-electron chi connectivity index (χ1n) is 5.80. The van der Waals surface area contributed by atoms with E-state index in [0.29, 0.717) is 5.41 Å². The van der Waals surface area contributed by atoms with E-state index in [1.807, 2.05) is 0 Å². The maximum Gasteiger partial charge on any atom is 0.142 e. The van der Waals surface area contributed by atoms with Crippen molar-refractivity contribution in [1.82, 2.24) is 5.32 Å². The molecule has 1 atom stereocenters. The summed E-state index contributed by atoms with van der Waals surface area (Å²) in [5.41, 5.74) is 0.363. The number of hydrogen-bond acceptors (Lipinski definition) is 3. The van der Waals surface area contributed by atoms with Gasteiger partial charge in [-0.25, -0.2) is 0 Å². The molecule has 0 amide bonds. The smallest absolute Gasteiger partial charge is 0.142 e. The van der Waals surface area contributed by atoms with E-state index in [2.05, 4.69) is 5.32 Å². The highest BCUT2D eigenvalue weighted by Crippen LogP contribution is 2.44. The molecule has 0 radical (unpaired) electrons. The van der Waals surface area contributed by atoms with Gasteiger partial charge in [-0.3, -0.25) is 5.32 Å². The predicted molar refractivity (Wildman–Crippen MR) is 53.0 cm³/mol. The van der Waals surface area contributed by atoms with Crippen LogP contribution in [0.25, 0.3) is 0 Å². The molecule has 2 spiro atoms. The minimum atomic E-state index is -0.126. The highest BCUT2D eigenvalue weighted by atomic mass is 16.6. The van der Waals surface area contributed by atoms with Crippen LogP contribution in [-0.4, -0.2) is 32.1 Å². The van der Waals surface area contributed by atoms with Gasteiger partial charge in [0, 0.05) is 18.6 Å². The molecule has 3 nitrogen and oxygen atoms in total. The fraction of sp³-hybridized carbons (Fsp3) is 1.00. The molecule has 0 aromatic carbocycles. The Morgan fingerprint density at radius 2 is 1.93 bits per heavy atom. The molecule has 1 unspecified atom stereocenters. The van der Waals surface area contributed by atoms with Crippen LogP contribution < -0.4 is 5.32 Å². The van der Waals surface area contributed by atoms with Crippen LogP contribution in [0.3, 0.4) is 0 Å². The maximum absolute atomic E-state index is 6.03. The van der Waals surface area contributed by atoms with Gasteiger partial charge in [0.1, 0.15) is 5.72 Å². The lowest BCUT2D eigenvalue weighted by Crippen LogP contribution is -2.63. The van der Waals surface area contributed by atoms with Gasteiger partial charge in [0.15, 0.2) is 0 Å². The van der Waals surface area contributed by atoms with E-state index in [1.54, 1.807) is 0 Å². The summed E-state index contributed by atoms with van der Waals surface area (Å²) in [6.45, 7) is 3.72. The van der Waals surface area contributed by atoms with Crippen molar-refractivity contribution in [1.29, 1.82) is 0 Å². The van der Waals surface area contributed by atoms with E-state index in [-0.39, 0.29) is 5.72 Å². The number of ether oxygens (including phenoxy) is 2. The summed E-state index contributed by atoms with van der Waals surface area (Å²) in [5, 5.41) is 3.58. The van der Waals surface area contributed by atoms with Crippen LogP contribution in [0.1, 0.15) is 32.1 Å². The standard InChI is InChI=1S/C11H19NO2/c1-3-10(4-1)7-12-11(14-8-10)5-2-6-13-9-11/h12H,1-9H2. The van der Waals surface area contributed by atoms with E-state index in [9.17, 15) is 0 Å². The zero-order valence-corrected chi connectivity index (χ0v) is 8.68. The summed E-state index contributed by atoms with van der Waals surface area (Å²) in [4.78, 5) is 0. The first kappa shape index (κ1) is 9.13. The molecule has 3 fully saturated rings. The van der Waals surface area contributed by atoms with Crippen molar-refractivity contribution >= 4 is 0 Å². The lowest BCUT2D eigenvalue weighted by Gasteiger charge is -2.52. The van der Waals surface area contributed by atoms with E-state index >= 15 is 0 Å². The van der Waals surface area contributed by atoms with E-state index in [1.165, 1.54) is 19.3 Å². The molecule has 3 aliphatic rings. The third-order valence-electron chi connectivity index (χ3n) is 4.06. The summed E-state index contributed by atoms with van der Waals surface area (Å²) >= 11 is 0. The predicted octanol–water partition coefficient (Wildman–Crippen LogP) is 1.28. The first-order chi connectivity index (χ1) is 6.83. The van der Waals surface area contributed by atoms with Gasteiger partial charge in [-0.15, -0.1) is 0 Å². The van der Waals surface area contributed by atoms with Gasteiger partial charge in [-0.2, -0.15) is 0 Å². The van der Waals surface area contributed by atoms with Crippen molar-refractivity contribution in [3.05, 3.63) is 0 Å². The Kier molecular flexibility index (Phi) is 2.08. The average molecular weight is 197 g/mol. The lowest BCUT2D eigenvalue weighted by atomic mass is 9.68. The van der Waals surface area contributed by atoms with Crippen LogP contribution >= 0.6 is 0 Å². The molecule has 1 aliphatic carbocycles. The third kappa shape index (κ3) is 1.38. The normalized spacial score (nSPS) is 41.1. The van der Waals surface area contributed by atoms with Gasteiger partial charge in [-0.05, 0) is 25.7 Å². The highest BCUT2D eigenvalue weighted by molar-refractivity contribution is 4.97. The molecule has 2 saturated heterocycles. The molecule has 0 aromatic rings. The molecule has 3 rings (SSSR count). The Labute approximate surface area is 85.1 Å². The van der Waals surface area contributed by atoms with Crippen molar-refractivity contribution in [3.8, 4) is 0 Å². The van der Waals surface area contributed by atoms with Crippen LogP contribution in [-0.2, 0) is 9.47 Å². The molecule has 0 bridgehead atoms. The molecular formula is C11H19NO2. The van der Waals surface area contributed by atoms with Gasteiger partial charge >= 0.3 is 0 Å². The van der Waals surface area contributed by atoms with Crippen molar-refractivity contribution in [2.24, 2.45) is 5.41 Å². The molecule has 3 heteroatoms. The van der Waals surface area contributed by atoms with Crippen molar-refractivity contribution < 1.29 is 9.47 Å². The van der Waals surface area contributed by atoms with Gasteiger partial charge in [0.05, 0.1) is 13.2 Å². The molecule has 14 heavy (non-hydrogen) atoms. The molecule has 2 heterocycles. The van der Waals surface area contributed by atoms with Gasteiger partial charge < -0.3 is 9.47 Å². The lowest BCUT2D eigenvalue weighted by molar-refractivity contribution is -0.207. The van der Waals surface area contributed by atoms with E-state index < -0.39 is 0 Å². The molecule has 1 N–H and O–H groups in total. The summed E-state index contributed by atoms with van der Waals surface area (Å²) in [6.07, 6.45) is 6.31. The second kappa shape index (κ2) is 3.19. The SMILES string of the molecule is C1CC2(C1)CNC1(CCCOC1)OC2. The largest absolute Gasteiger partial charge is 0.377 e. The fourth-order valence-corrected chi connectivity index (χ4v) is 2.76. The Balaban J connectivity index is 1.63. The second-order valence-corrected chi connectivity index (χ2v) is 5.15. The molecular weight excluding hydrogens is 178 g/mol. The van der Waals surface area contributed by atoms with Gasteiger partial charge in [0.25, 0.3) is 0 Å². The van der Waals surface area contributed by atoms with Crippen LogP contribution in [0.4, 0.5) is 0 Å².